The summed E-state index contributed by atoms with van der Waals surface area (Å²) in [5.74, 6) is -0.416. The van der Waals surface area contributed by atoms with Crippen molar-refractivity contribution in [2.24, 2.45) is 0 Å². The highest BCUT2D eigenvalue weighted by molar-refractivity contribution is 5.95. The molecule has 2 fully saturated rings. The number of aryl methyl sites for hydroxylation is 1. The van der Waals surface area contributed by atoms with Gasteiger partial charge in [0.25, 0.3) is 17.4 Å². The van der Waals surface area contributed by atoms with Gasteiger partial charge in [-0.1, -0.05) is 30.5 Å². The number of pyridine rings is 1. The summed E-state index contributed by atoms with van der Waals surface area (Å²) in [7, 11) is 0. The Morgan fingerprint density at radius 2 is 1.55 bits per heavy atom. The van der Waals surface area contributed by atoms with Crippen LogP contribution in [0.3, 0.4) is 0 Å². The number of nitrogens with zero attached hydrogens (tertiary/aromatic N) is 5. The van der Waals surface area contributed by atoms with Crippen LogP contribution in [0.5, 0.6) is 0 Å². The van der Waals surface area contributed by atoms with E-state index in [2.05, 4.69) is 9.97 Å². The number of rotatable bonds is 3. The van der Waals surface area contributed by atoms with Crippen molar-refractivity contribution in [1.82, 2.24) is 24.3 Å². The smallest absolute Gasteiger partial charge is 0.284 e. The van der Waals surface area contributed by atoms with Gasteiger partial charge in [0.2, 0.25) is 0 Å². The van der Waals surface area contributed by atoms with Crippen molar-refractivity contribution in [3.8, 4) is 0 Å². The predicted molar refractivity (Wildman–Crippen MR) is 124 cm³/mol. The molecule has 1 saturated carbocycles. The molecule has 3 heterocycles. The molecule has 1 aromatic carbocycles. The fourth-order valence-corrected chi connectivity index (χ4v) is 4.82. The van der Waals surface area contributed by atoms with Crippen molar-refractivity contribution in [2.45, 2.75) is 38.6 Å². The molecule has 0 radical (unpaired) electrons. The van der Waals surface area contributed by atoms with Crippen LogP contribution in [0.4, 0.5) is 0 Å². The highest BCUT2D eigenvalue weighted by atomic mass is 16.2. The summed E-state index contributed by atoms with van der Waals surface area (Å²) in [4.78, 5) is 51.7. The van der Waals surface area contributed by atoms with Crippen LogP contribution >= 0.6 is 0 Å². The molecule has 0 spiro atoms. The third-order valence-corrected chi connectivity index (χ3v) is 6.69. The van der Waals surface area contributed by atoms with Crippen LogP contribution < -0.4 is 5.56 Å². The van der Waals surface area contributed by atoms with Crippen molar-refractivity contribution >= 4 is 23.0 Å². The first-order valence-electron chi connectivity index (χ1n) is 11.6. The topological polar surface area (TPSA) is 88.4 Å². The third kappa shape index (κ3) is 4.01. The number of benzene rings is 1. The Kier molecular flexibility index (Phi) is 5.66. The number of carbonyl (C=O) groups excluding carboxylic acids is 2. The summed E-state index contributed by atoms with van der Waals surface area (Å²) in [6, 6.07) is 11.1. The highest BCUT2D eigenvalue weighted by Gasteiger charge is 2.30. The molecule has 2 aliphatic rings. The minimum Gasteiger partial charge on any atom is -0.335 e. The van der Waals surface area contributed by atoms with Gasteiger partial charge in [0.15, 0.2) is 11.3 Å². The molecule has 1 aliphatic heterocycles. The fourth-order valence-electron chi connectivity index (χ4n) is 4.82. The van der Waals surface area contributed by atoms with E-state index in [0.29, 0.717) is 42.9 Å². The zero-order valence-electron chi connectivity index (χ0n) is 18.7. The summed E-state index contributed by atoms with van der Waals surface area (Å²) in [5, 5.41) is 0. The van der Waals surface area contributed by atoms with Crippen molar-refractivity contribution in [3.63, 3.8) is 0 Å². The summed E-state index contributed by atoms with van der Waals surface area (Å²) in [6.07, 6.45) is 5.59. The van der Waals surface area contributed by atoms with E-state index in [0.717, 1.165) is 31.2 Å². The van der Waals surface area contributed by atoms with Crippen molar-refractivity contribution < 1.29 is 9.59 Å². The van der Waals surface area contributed by atoms with E-state index in [9.17, 15) is 14.4 Å². The quantitative estimate of drug-likeness (QED) is 0.619. The van der Waals surface area contributed by atoms with Gasteiger partial charge in [-0.2, -0.15) is 0 Å². The number of hydrogen-bond acceptors (Lipinski definition) is 5. The zero-order valence-corrected chi connectivity index (χ0v) is 18.7. The second-order valence-electron chi connectivity index (χ2n) is 8.87. The maximum Gasteiger partial charge on any atom is 0.284 e. The largest absolute Gasteiger partial charge is 0.335 e. The summed E-state index contributed by atoms with van der Waals surface area (Å²) in [5.41, 5.74) is 2.42. The van der Waals surface area contributed by atoms with Gasteiger partial charge in [-0.25, -0.2) is 9.97 Å². The van der Waals surface area contributed by atoms with Crippen molar-refractivity contribution in [2.75, 3.05) is 26.2 Å². The van der Waals surface area contributed by atoms with Crippen LogP contribution in [0.1, 0.15) is 58.1 Å². The SMILES string of the molecule is Cc1ccc(C(=O)N2CCN(C(=O)c3nc4cccnc4n(C4CCCC4)c3=O)CC2)cc1. The Morgan fingerprint density at radius 3 is 2.21 bits per heavy atom. The molecule has 5 rings (SSSR count). The lowest BCUT2D eigenvalue weighted by Crippen LogP contribution is -2.51. The molecule has 170 valence electrons. The van der Waals surface area contributed by atoms with Crippen LogP contribution in [0, 0.1) is 6.92 Å². The minimum atomic E-state index is -0.375. The molecule has 2 amide bonds. The van der Waals surface area contributed by atoms with Gasteiger partial charge in [-0.3, -0.25) is 19.0 Å². The molecule has 2 aromatic heterocycles. The first-order chi connectivity index (χ1) is 16.0. The lowest BCUT2D eigenvalue weighted by Gasteiger charge is -2.34. The molecule has 3 aromatic rings. The van der Waals surface area contributed by atoms with E-state index in [-0.39, 0.29) is 29.1 Å². The summed E-state index contributed by atoms with van der Waals surface area (Å²) in [6.45, 7) is 3.56. The summed E-state index contributed by atoms with van der Waals surface area (Å²) >= 11 is 0. The molecule has 1 aliphatic carbocycles. The maximum atomic E-state index is 13.4. The van der Waals surface area contributed by atoms with E-state index >= 15 is 0 Å². The molecule has 8 heteroatoms. The summed E-state index contributed by atoms with van der Waals surface area (Å²) < 4.78 is 1.68. The van der Waals surface area contributed by atoms with E-state index in [1.165, 1.54) is 0 Å². The van der Waals surface area contributed by atoms with Crippen LogP contribution in [0.25, 0.3) is 11.2 Å². The number of aromatic nitrogens is 3. The fraction of sp³-hybridized carbons (Fsp3) is 0.400. The monoisotopic (exact) mass is 445 g/mol. The second-order valence-corrected chi connectivity index (χ2v) is 8.87. The van der Waals surface area contributed by atoms with Gasteiger partial charge in [0, 0.05) is 44.0 Å². The van der Waals surface area contributed by atoms with Gasteiger partial charge < -0.3 is 9.80 Å². The van der Waals surface area contributed by atoms with E-state index in [1.807, 2.05) is 31.2 Å². The first kappa shape index (κ1) is 21.3. The minimum absolute atomic E-state index is 0.0411. The van der Waals surface area contributed by atoms with Crippen molar-refractivity contribution in [1.29, 1.82) is 0 Å². The zero-order chi connectivity index (χ0) is 22.9. The number of piperazine rings is 1. The normalized spacial score (nSPS) is 17.0. The van der Waals surface area contributed by atoms with Gasteiger partial charge >= 0.3 is 0 Å². The van der Waals surface area contributed by atoms with Crippen LogP contribution in [0.2, 0.25) is 0 Å². The van der Waals surface area contributed by atoms with Gasteiger partial charge in [0.05, 0.1) is 0 Å². The Labute approximate surface area is 191 Å². The molecule has 1 saturated heterocycles. The lowest BCUT2D eigenvalue weighted by atomic mass is 10.1. The van der Waals surface area contributed by atoms with Gasteiger partial charge in [-0.15, -0.1) is 0 Å². The lowest BCUT2D eigenvalue weighted by molar-refractivity contribution is 0.0531. The number of amides is 2. The molecular formula is C25H27N5O3. The average molecular weight is 446 g/mol. The van der Waals surface area contributed by atoms with Gasteiger partial charge in [0.1, 0.15) is 5.52 Å². The first-order valence-corrected chi connectivity index (χ1v) is 11.6. The average Bonchev–Trinajstić information content (AvgIpc) is 3.38. The second kappa shape index (κ2) is 8.77. The molecule has 0 bridgehead atoms. The molecule has 0 atom stereocenters. The Morgan fingerprint density at radius 1 is 0.909 bits per heavy atom. The highest BCUT2D eigenvalue weighted by Crippen LogP contribution is 2.30. The van der Waals surface area contributed by atoms with Gasteiger partial charge in [-0.05, 0) is 44.0 Å². The predicted octanol–water partition coefficient (Wildman–Crippen LogP) is 2.81. The number of hydrogen-bond donors (Lipinski definition) is 0. The Hall–Kier alpha value is -3.55. The number of carbonyl (C=O) groups is 2. The number of fused-ring (bicyclic) bond motifs is 1. The molecule has 0 N–H and O–H groups in total. The molecule has 33 heavy (non-hydrogen) atoms. The van der Waals surface area contributed by atoms with Crippen LogP contribution in [-0.4, -0.2) is 62.3 Å². The Balaban J connectivity index is 1.37. The van der Waals surface area contributed by atoms with E-state index in [1.54, 1.807) is 32.7 Å². The third-order valence-electron chi connectivity index (χ3n) is 6.69. The van der Waals surface area contributed by atoms with Crippen molar-refractivity contribution in [3.05, 3.63) is 69.8 Å². The van der Waals surface area contributed by atoms with E-state index < -0.39 is 0 Å². The molecule has 0 unspecified atom stereocenters. The van der Waals surface area contributed by atoms with E-state index in [4.69, 9.17) is 0 Å². The van der Waals surface area contributed by atoms with Crippen LogP contribution in [-0.2, 0) is 0 Å². The maximum absolute atomic E-state index is 13.4. The molecular weight excluding hydrogens is 418 g/mol. The Bertz CT molecular complexity index is 1250. The molecule has 8 nitrogen and oxygen atoms in total. The van der Waals surface area contributed by atoms with Crippen LogP contribution in [0.15, 0.2) is 47.4 Å². The standard InChI is InChI=1S/C25H27N5O3/c1-17-8-10-18(11-9-17)23(31)28-13-15-29(16-14-28)24(32)21-25(33)30(19-5-2-3-6-19)22-20(27-21)7-4-12-26-22/h4,7-12,19H,2-3,5-6,13-16H2,1H3.